The van der Waals surface area contributed by atoms with Gasteiger partial charge in [0.05, 0.1) is 6.61 Å². The van der Waals surface area contributed by atoms with E-state index in [4.69, 9.17) is 9.15 Å². The SMILES string of the molecule is CCOc1ccc(NC(=O)c2c(C)oc(-n3cccc3)c2C#N)cc1S(=O)(=O)N1CCCC1. The average molecular weight is 469 g/mol. The average Bonchev–Trinajstić information content (AvgIpc) is 3.55. The van der Waals surface area contributed by atoms with Gasteiger partial charge in [-0.05, 0) is 57.0 Å². The summed E-state index contributed by atoms with van der Waals surface area (Å²) in [6.07, 6.45) is 5.03. The molecule has 0 radical (unpaired) electrons. The number of carbonyl (C=O) groups is 1. The van der Waals surface area contributed by atoms with Crippen LogP contribution >= 0.6 is 0 Å². The second kappa shape index (κ2) is 9.13. The molecule has 0 atom stereocenters. The first kappa shape index (κ1) is 22.6. The Kier molecular flexibility index (Phi) is 6.26. The second-order valence-electron chi connectivity index (χ2n) is 7.58. The highest BCUT2D eigenvalue weighted by Crippen LogP contribution is 2.32. The predicted octanol–water partition coefficient (Wildman–Crippen LogP) is 3.69. The Morgan fingerprint density at radius 1 is 1.24 bits per heavy atom. The smallest absolute Gasteiger partial charge is 0.260 e. The van der Waals surface area contributed by atoms with Crippen molar-refractivity contribution in [2.75, 3.05) is 25.0 Å². The van der Waals surface area contributed by atoms with E-state index in [2.05, 4.69) is 5.32 Å². The summed E-state index contributed by atoms with van der Waals surface area (Å²) in [6, 6.07) is 10.1. The molecule has 0 bridgehead atoms. The molecule has 3 heterocycles. The van der Waals surface area contributed by atoms with Gasteiger partial charge in [0.15, 0.2) is 0 Å². The number of nitrogens with zero attached hydrogens (tertiary/aromatic N) is 3. The summed E-state index contributed by atoms with van der Waals surface area (Å²) < 4.78 is 40.7. The zero-order chi connectivity index (χ0) is 23.6. The molecule has 2 aromatic heterocycles. The lowest BCUT2D eigenvalue weighted by atomic mass is 10.1. The highest BCUT2D eigenvalue weighted by atomic mass is 32.2. The first-order valence-corrected chi connectivity index (χ1v) is 12.1. The van der Waals surface area contributed by atoms with E-state index in [1.807, 2.05) is 6.07 Å². The number of benzene rings is 1. The lowest BCUT2D eigenvalue weighted by molar-refractivity contribution is 0.102. The van der Waals surface area contributed by atoms with Gasteiger partial charge in [-0.1, -0.05) is 0 Å². The van der Waals surface area contributed by atoms with Gasteiger partial charge in [-0.2, -0.15) is 9.57 Å². The molecule has 1 aromatic carbocycles. The van der Waals surface area contributed by atoms with Gasteiger partial charge in [0, 0.05) is 31.2 Å². The number of nitrogens with one attached hydrogen (secondary N) is 1. The summed E-state index contributed by atoms with van der Waals surface area (Å²) in [7, 11) is -3.78. The molecule has 1 fully saturated rings. The molecule has 1 N–H and O–H groups in total. The molecule has 3 aromatic rings. The molecule has 1 aliphatic rings. The number of anilines is 1. The molecule has 1 amide bonds. The summed E-state index contributed by atoms with van der Waals surface area (Å²) in [5.74, 6) is 0.187. The van der Waals surface area contributed by atoms with Gasteiger partial charge in [0.2, 0.25) is 15.9 Å². The lowest BCUT2D eigenvalue weighted by Gasteiger charge is -2.19. The summed E-state index contributed by atoms with van der Waals surface area (Å²) in [6.45, 7) is 4.58. The first-order valence-electron chi connectivity index (χ1n) is 10.6. The Labute approximate surface area is 192 Å². The minimum absolute atomic E-state index is 0.00139. The van der Waals surface area contributed by atoms with E-state index in [1.165, 1.54) is 16.4 Å². The number of ether oxygens (including phenoxy) is 1. The number of amides is 1. The summed E-state index contributed by atoms with van der Waals surface area (Å²) in [5.41, 5.74) is 0.462. The van der Waals surface area contributed by atoms with Crippen LogP contribution in [0, 0.1) is 18.3 Å². The van der Waals surface area contributed by atoms with Gasteiger partial charge in [-0.25, -0.2) is 8.42 Å². The Morgan fingerprint density at radius 2 is 1.94 bits per heavy atom. The van der Waals surface area contributed by atoms with Crippen LogP contribution in [0.25, 0.3) is 5.88 Å². The van der Waals surface area contributed by atoms with Crippen LogP contribution in [0.1, 0.15) is 41.4 Å². The van der Waals surface area contributed by atoms with Crippen molar-refractivity contribution >= 4 is 21.6 Å². The standard InChI is InChI=1S/C23H24N4O5S/c1-3-31-19-9-8-17(14-20(19)33(29,30)27-12-6-7-13-27)25-22(28)21-16(2)32-23(18(21)15-24)26-10-4-5-11-26/h4-5,8-11,14H,3,6-7,12-13H2,1-2H3,(H,25,28). The zero-order valence-electron chi connectivity index (χ0n) is 18.4. The maximum absolute atomic E-state index is 13.2. The third-order valence-electron chi connectivity index (χ3n) is 5.43. The van der Waals surface area contributed by atoms with Crippen LogP contribution in [-0.4, -0.2) is 42.9 Å². The van der Waals surface area contributed by atoms with Crippen molar-refractivity contribution in [1.29, 1.82) is 5.26 Å². The van der Waals surface area contributed by atoms with Crippen molar-refractivity contribution < 1.29 is 22.4 Å². The summed E-state index contributed by atoms with van der Waals surface area (Å²) in [5, 5.41) is 12.4. The van der Waals surface area contributed by atoms with Gasteiger partial charge < -0.3 is 14.5 Å². The number of carbonyl (C=O) groups excluding carboxylic acids is 1. The fraction of sp³-hybridized carbons (Fsp3) is 0.304. The predicted molar refractivity (Wildman–Crippen MR) is 121 cm³/mol. The molecule has 1 saturated heterocycles. The van der Waals surface area contributed by atoms with E-state index in [9.17, 15) is 18.5 Å². The molecular formula is C23H24N4O5S. The van der Waals surface area contributed by atoms with Crippen molar-refractivity contribution in [1.82, 2.24) is 8.87 Å². The maximum Gasteiger partial charge on any atom is 0.260 e. The van der Waals surface area contributed by atoms with Gasteiger partial charge in [-0.3, -0.25) is 9.36 Å². The van der Waals surface area contributed by atoms with Crippen LogP contribution in [0.15, 0.2) is 52.0 Å². The van der Waals surface area contributed by atoms with Crippen molar-refractivity contribution in [3.05, 3.63) is 59.6 Å². The Balaban J connectivity index is 1.69. The van der Waals surface area contributed by atoms with E-state index in [-0.39, 0.29) is 39.1 Å². The molecular weight excluding hydrogens is 444 g/mol. The summed E-state index contributed by atoms with van der Waals surface area (Å²) in [4.78, 5) is 13.1. The fourth-order valence-electron chi connectivity index (χ4n) is 3.88. The number of furan rings is 1. The highest BCUT2D eigenvalue weighted by Gasteiger charge is 2.31. The molecule has 0 saturated carbocycles. The van der Waals surface area contributed by atoms with Gasteiger partial charge in [0.25, 0.3) is 5.91 Å². The minimum Gasteiger partial charge on any atom is -0.492 e. The number of hydrogen-bond acceptors (Lipinski definition) is 6. The normalized spacial score (nSPS) is 14.2. The van der Waals surface area contributed by atoms with E-state index in [0.717, 1.165) is 12.8 Å². The van der Waals surface area contributed by atoms with Crippen LogP contribution in [-0.2, 0) is 10.0 Å². The molecule has 9 nitrogen and oxygen atoms in total. The van der Waals surface area contributed by atoms with Crippen molar-refractivity contribution in [3.8, 4) is 17.7 Å². The number of aromatic nitrogens is 1. The van der Waals surface area contributed by atoms with E-state index in [1.54, 1.807) is 49.0 Å². The van der Waals surface area contributed by atoms with Gasteiger partial charge in [0.1, 0.15) is 33.6 Å². The fourth-order valence-corrected chi connectivity index (χ4v) is 5.56. The first-order chi connectivity index (χ1) is 15.9. The third kappa shape index (κ3) is 4.25. The molecule has 4 rings (SSSR count). The zero-order valence-corrected chi connectivity index (χ0v) is 19.2. The van der Waals surface area contributed by atoms with Crippen molar-refractivity contribution in [2.24, 2.45) is 0 Å². The van der Waals surface area contributed by atoms with Crippen LogP contribution in [0.2, 0.25) is 0 Å². The number of nitriles is 1. The van der Waals surface area contributed by atoms with E-state index >= 15 is 0 Å². The van der Waals surface area contributed by atoms with Crippen LogP contribution in [0.3, 0.4) is 0 Å². The maximum atomic E-state index is 13.2. The number of sulfonamides is 1. The summed E-state index contributed by atoms with van der Waals surface area (Å²) >= 11 is 0. The number of hydrogen-bond donors (Lipinski definition) is 1. The highest BCUT2D eigenvalue weighted by molar-refractivity contribution is 7.89. The van der Waals surface area contributed by atoms with Crippen molar-refractivity contribution in [3.63, 3.8) is 0 Å². The molecule has 10 heteroatoms. The second-order valence-corrected chi connectivity index (χ2v) is 9.48. The molecule has 33 heavy (non-hydrogen) atoms. The minimum atomic E-state index is -3.78. The third-order valence-corrected chi connectivity index (χ3v) is 7.35. The molecule has 0 aliphatic carbocycles. The van der Waals surface area contributed by atoms with E-state index in [0.29, 0.717) is 19.7 Å². The number of aryl methyl sites for hydroxylation is 1. The van der Waals surface area contributed by atoms with Crippen LogP contribution < -0.4 is 10.1 Å². The van der Waals surface area contributed by atoms with Crippen molar-refractivity contribution in [2.45, 2.75) is 31.6 Å². The Morgan fingerprint density at radius 3 is 2.58 bits per heavy atom. The molecule has 0 spiro atoms. The Hall–Kier alpha value is -3.55. The van der Waals surface area contributed by atoms with Crippen LogP contribution in [0.5, 0.6) is 5.75 Å². The van der Waals surface area contributed by atoms with E-state index < -0.39 is 15.9 Å². The van der Waals surface area contributed by atoms with Gasteiger partial charge in [-0.15, -0.1) is 0 Å². The number of rotatable bonds is 7. The van der Waals surface area contributed by atoms with Crippen LogP contribution in [0.4, 0.5) is 5.69 Å². The largest absolute Gasteiger partial charge is 0.492 e. The quantitative estimate of drug-likeness (QED) is 0.565. The Bertz CT molecular complexity index is 1310. The monoisotopic (exact) mass is 468 g/mol. The lowest BCUT2D eigenvalue weighted by Crippen LogP contribution is -2.28. The molecule has 0 unspecified atom stereocenters. The molecule has 1 aliphatic heterocycles. The topological polar surface area (TPSA) is 118 Å². The van der Waals surface area contributed by atoms with Gasteiger partial charge >= 0.3 is 0 Å². The molecule has 172 valence electrons.